The Morgan fingerprint density at radius 2 is 1.81 bits per heavy atom. The molecule has 2 heterocycles. The van der Waals surface area contributed by atoms with E-state index in [1.807, 2.05) is 44.2 Å². The largest absolute Gasteiger partial charge is 0.357 e. The molecule has 3 aromatic rings. The number of nitrogens with one attached hydrogen (secondary N) is 4. The van der Waals surface area contributed by atoms with Crippen LogP contribution in [0.15, 0.2) is 48.5 Å². The van der Waals surface area contributed by atoms with E-state index in [1.165, 1.54) is 0 Å². The molecule has 4 N–H and O–H groups in total. The third kappa shape index (κ3) is 5.06. The first-order valence-electron chi connectivity index (χ1n) is 11.8. The average molecular weight is 505 g/mol. The van der Waals surface area contributed by atoms with Crippen molar-refractivity contribution in [1.29, 1.82) is 0 Å². The molecule has 8 heteroatoms. The lowest BCUT2D eigenvalue weighted by molar-refractivity contribution is -0.114. The number of aromatic amines is 1. The summed E-state index contributed by atoms with van der Waals surface area (Å²) < 4.78 is 0. The fraction of sp³-hybridized carbons (Fsp3) is 0.250. The molecule has 1 aromatic heterocycles. The molecule has 1 aliphatic rings. The number of alkyl halides is 1. The molecule has 186 valence electrons. The number of carbonyl (C=O) groups is 3. The average Bonchev–Trinajstić information content (AvgIpc) is 3.32. The minimum absolute atomic E-state index is 0.145. The number of aryl methyl sites for hydroxylation is 1. The second-order valence-corrected chi connectivity index (χ2v) is 9.49. The summed E-state index contributed by atoms with van der Waals surface area (Å²) >= 11 is 5.63. The Hall–Kier alpha value is -3.84. The molecule has 3 amide bonds. The molecule has 0 saturated heterocycles. The van der Waals surface area contributed by atoms with Crippen molar-refractivity contribution in [3.63, 3.8) is 0 Å². The zero-order chi connectivity index (χ0) is 26.0. The topological polar surface area (TPSA) is 103 Å². The Bertz CT molecular complexity index is 1360. The number of carbonyl (C=O) groups excluding carboxylic acids is 3. The summed E-state index contributed by atoms with van der Waals surface area (Å²) in [6, 6.07) is 14.9. The van der Waals surface area contributed by atoms with Crippen molar-refractivity contribution in [3.05, 3.63) is 82.2 Å². The van der Waals surface area contributed by atoms with Crippen LogP contribution in [0, 0.1) is 19.8 Å². The summed E-state index contributed by atoms with van der Waals surface area (Å²) in [6.45, 7) is 7.82. The van der Waals surface area contributed by atoms with Crippen LogP contribution >= 0.6 is 11.6 Å². The van der Waals surface area contributed by atoms with Gasteiger partial charge in [0.2, 0.25) is 5.91 Å². The van der Waals surface area contributed by atoms with Crippen molar-refractivity contribution in [1.82, 2.24) is 10.3 Å². The van der Waals surface area contributed by atoms with Crippen LogP contribution in [0.1, 0.15) is 58.3 Å². The molecule has 7 nitrogen and oxygen atoms in total. The number of aromatic nitrogens is 1. The third-order valence-electron chi connectivity index (χ3n) is 6.33. The number of anilines is 2. The molecule has 0 fully saturated rings. The predicted molar refractivity (Wildman–Crippen MR) is 144 cm³/mol. The van der Waals surface area contributed by atoms with Gasteiger partial charge >= 0.3 is 0 Å². The number of rotatable bonds is 7. The summed E-state index contributed by atoms with van der Waals surface area (Å²) in [6.07, 6.45) is 1.74. The summed E-state index contributed by atoms with van der Waals surface area (Å²) in [5.41, 5.74) is 6.09. The van der Waals surface area contributed by atoms with Crippen LogP contribution in [0.3, 0.4) is 0 Å². The van der Waals surface area contributed by atoms with E-state index in [2.05, 4.69) is 34.8 Å². The highest BCUT2D eigenvalue weighted by Crippen LogP contribution is 2.35. The molecular formula is C28H29ClN4O3. The third-order valence-corrected chi connectivity index (χ3v) is 6.57. The van der Waals surface area contributed by atoms with Gasteiger partial charge in [-0.2, -0.15) is 0 Å². The zero-order valence-corrected chi connectivity index (χ0v) is 21.4. The number of hydrogen-bond donors (Lipinski definition) is 4. The predicted octanol–water partition coefficient (Wildman–Crippen LogP) is 5.43. The molecule has 1 atom stereocenters. The van der Waals surface area contributed by atoms with Crippen molar-refractivity contribution < 1.29 is 14.4 Å². The minimum Gasteiger partial charge on any atom is -0.357 e. The maximum atomic E-state index is 13.2. The fourth-order valence-corrected chi connectivity index (χ4v) is 4.48. The van der Waals surface area contributed by atoms with E-state index in [0.717, 1.165) is 16.8 Å². The van der Waals surface area contributed by atoms with E-state index in [9.17, 15) is 14.4 Å². The zero-order valence-electron chi connectivity index (χ0n) is 20.7. The Balaban J connectivity index is 1.65. The highest BCUT2D eigenvalue weighted by atomic mass is 35.5. The van der Waals surface area contributed by atoms with E-state index in [-0.39, 0.29) is 35.6 Å². The van der Waals surface area contributed by atoms with Gasteiger partial charge in [0.1, 0.15) is 5.88 Å². The van der Waals surface area contributed by atoms with Gasteiger partial charge in [-0.15, -0.1) is 11.6 Å². The Morgan fingerprint density at radius 3 is 2.47 bits per heavy atom. The van der Waals surface area contributed by atoms with Gasteiger partial charge in [-0.25, -0.2) is 0 Å². The van der Waals surface area contributed by atoms with E-state index in [1.54, 1.807) is 24.3 Å². The van der Waals surface area contributed by atoms with Crippen molar-refractivity contribution in [2.45, 2.75) is 33.7 Å². The number of H-pyrrole nitrogens is 1. The summed E-state index contributed by atoms with van der Waals surface area (Å²) in [5.74, 6) is -0.738. The first-order chi connectivity index (χ1) is 17.2. The van der Waals surface area contributed by atoms with E-state index >= 15 is 0 Å². The molecule has 0 aliphatic carbocycles. The van der Waals surface area contributed by atoms with Crippen molar-refractivity contribution in [2.75, 3.05) is 16.5 Å². The van der Waals surface area contributed by atoms with Crippen LogP contribution in [0.4, 0.5) is 11.4 Å². The Morgan fingerprint density at radius 1 is 1.08 bits per heavy atom. The normalized spacial score (nSPS) is 14.5. The van der Waals surface area contributed by atoms with Gasteiger partial charge < -0.3 is 20.9 Å². The van der Waals surface area contributed by atoms with Gasteiger partial charge in [0, 0.05) is 28.2 Å². The lowest BCUT2D eigenvalue weighted by atomic mass is 9.95. The lowest BCUT2D eigenvalue weighted by Crippen LogP contribution is -2.31. The monoisotopic (exact) mass is 504 g/mol. The van der Waals surface area contributed by atoms with Crippen molar-refractivity contribution in [3.8, 4) is 0 Å². The Kier molecular flexibility index (Phi) is 7.31. The highest BCUT2D eigenvalue weighted by Gasteiger charge is 2.27. The molecule has 0 saturated carbocycles. The fourth-order valence-electron chi connectivity index (χ4n) is 4.42. The van der Waals surface area contributed by atoms with Crippen LogP contribution in [0.2, 0.25) is 0 Å². The van der Waals surface area contributed by atoms with Crippen molar-refractivity contribution in [2.24, 2.45) is 5.92 Å². The summed E-state index contributed by atoms with van der Waals surface area (Å²) in [4.78, 5) is 41.0. The maximum absolute atomic E-state index is 13.2. The molecule has 0 spiro atoms. The van der Waals surface area contributed by atoms with Crippen LogP contribution in [0.25, 0.3) is 11.6 Å². The number of hydrogen-bond acceptors (Lipinski definition) is 3. The second kappa shape index (κ2) is 10.4. The van der Waals surface area contributed by atoms with Crippen LogP contribution in [0.5, 0.6) is 0 Å². The maximum Gasteiger partial charge on any atom is 0.256 e. The SMILES string of the molecule is Cc1[nH]c(/C=C2\C(=O)Nc3ccc(C(=O)NC(c4ccccc4)C(C)C)cc32)c(C)c1NC(=O)CCl. The smallest absolute Gasteiger partial charge is 0.256 e. The van der Waals surface area contributed by atoms with Crippen molar-refractivity contribution >= 4 is 52.3 Å². The number of benzene rings is 2. The van der Waals surface area contributed by atoms with Crippen LogP contribution in [-0.4, -0.2) is 28.6 Å². The van der Waals surface area contributed by atoms with Crippen LogP contribution in [-0.2, 0) is 9.59 Å². The highest BCUT2D eigenvalue weighted by molar-refractivity contribution is 6.35. The second-order valence-electron chi connectivity index (χ2n) is 9.22. The van der Waals surface area contributed by atoms with Gasteiger partial charge in [0.25, 0.3) is 11.8 Å². The minimum atomic E-state index is -0.309. The number of amides is 3. The standard InChI is InChI=1S/C28H29ClN4O3/c1-15(2)25(18-8-6-5-7-9-18)33-27(35)19-10-11-22-20(12-19)21(28(36)31-22)13-23-16(3)26(17(4)30-23)32-24(34)14-29/h5-13,15,25,30H,14H2,1-4H3,(H,31,36)(H,32,34)(H,33,35)/b21-13-. The Labute approximate surface area is 215 Å². The molecule has 36 heavy (non-hydrogen) atoms. The van der Waals surface area contributed by atoms with E-state index in [0.29, 0.717) is 33.8 Å². The summed E-state index contributed by atoms with van der Waals surface area (Å²) in [5, 5.41) is 8.78. The summed E-state index contributed by atoms with van der Waals surface area (Å²) in [7, 11) is 0. The van der Waals surface area contributed by atoms with E-state index < -0.39 is 0 Å². The van der Waals surface area contributed by atoms with Gasteiger partial charge in [0.05, 0.1) is 17.3 Å². The van der Waals surface area contributed by atoms with Crippen LogP contribution < -0.4 is 16.0 Å². The molecule has 1 unspecified atom stereocenters. The van der Waals surface area contributed by atoms with Gasteiger partial charge in [-0.3, -0.25) is 14.4 Å². The molecule has 2 aromatic carbocycles. The number of halogens is 1. The quantitative estimate of drug-likeness (QED) is 0.255. The first kappa shape index (κ1) is 25.3. The molecule has 4 rings (SSSR count). The molecule has 0 bridgehead atoms. The molecular weight excluding hydrogens is 476 g/mol. The van der Waals surface area contributed by atoms with Gasteiger partial charge in [0.15, 0.2) is 0 Å². The lowest BCUT2D eigenvalue weighted by Gasteiger charge is -2.23. The van der Waals surface area contributed by atoms with Gasteiger partial charge in [-0.1, -0.05) is 44.2 Å². The number of fused-ring (bicyclic) bond motifs is 1. The van der Waals surface area contributed by atoms with E-state index in [4.69, 9.17) is 11.6 Å². The first-order valence-corrected chi connectivity index (χ1v) is 12.3. The molecule has 0 radical (unpaired) electrons. The van der Waals surface area contributed by atoms with Gasteiger partial charge in [-0.05, 0) is 55.2 Å². The molecule has 1 aliphatic heterocycles.